The fraction of sp³-hybridized carbons (Fsp3) is 0.450. The van der Waals surface area contributed by atoms with E-state index < -0.39 is 0 Å². The van der Waals surface area contributed by atoms with Crippen LogP contribution in [0.3, 0.4) is 0 Å². The molecular formula is C20H27Cl2N5. The predicted molar refractivity (Wildman–Crippen MR) is 115 cm³/mol. The van der Waals surface area contributed by atoms with Crippen molar-refractivity contribution in [1.29, 1.82) is 0 Å². The standard InChI is InChI=1S/C20H27Cl2N5/c1-3-5-14(13-6-4-7-15(21)17(13)22)18-19(23)26-16(12-25-18)27-10-8-20(2,24)9-11-27/h4-7,12,16,26H,3,8-11,23-24H2,1-2H3/b14-5+. The SMILES string of the molecule is CC/C=C(/C1=C(N)NC(N2CCC(C)(N)CC2)C=N1)c1cccc(Cl)c1Cl. The highest BCUT2D eigenvalue weighted by Gasteiger charge is 2.31. The molecule has 146 valence electrons. The van der Waals surface area contributed by atoms with Gasteiger partial charge in [0.05, 0.1) is 10.0 Å². The fourth-order valence-electron chi connectivity index (χ4n) is 3.44. The van der Waals surface area contributed by atoms with Gasteiger partial charge in [-0.25, -0.2) is 0 Å². The Morgan fingerprint density at radius 1 is 1.37 bits per heavy atom. The molecule has 2 heterocycles. The molecule has 0 aliphatic carbocycles. The number of aliphatic imine (C=N–C) groups is 1. The van der Waals surface area contributed by atoms with Crippen LogP contribution in [0.5, 0.6) is 0 Å². The normalized spacial score (nSPS) is 23.4. The quantitative estimate of drug-likeness (QED) is 0.709. The predicted octanol–water partition coefficient (Wildman–Crippen LogP) is 3.73. The Labute approximate surface area is 171 Å². The van der Waals surface area contributed by atoms with Crippen LogP contribution in [0.15, 0.2) is 40.8 Å². The Kier molecular flexibility index (Phi) is 6.16. The lowest BCUT2D eigenvalue weighted by molar-refractivity contribution is 0.142. The first kappa shape index (κ1) is 20.2. The van der Waals surface area contributed by atoms with E-state index in [0.717, 1.165) is 43.5 Å². The maximum absolute atomic E-state index is 6.44. The van der Waals surface area contributed by atoms with Gasteiger partial charge in [0.15, 0.2) is 0 Å². The minimum atomic E-state index is -0.0881. The number of piperidine rings is 1. The molecule has 0 aromatic heterocycles. The van der Waals surface area contributed by atoms with Gasteiger partial charge in [-0.15, -0.1) is 0 Å². The van der Waals surface area contributed by atoms with Crippen LogP contribution in [0.25, 0.3) is 5.57 Å². The first-order valence-electron chi connectivity index (χ1n) is 9.30. The largest absolute Gasteiger partial charge is 0.384 e. The lowest BCUT2D eigenvalue weighted by Crippen LogP contribution is -2.56. The second-order valence-corrected chi connectivity index (χ2v) is 8.23. The summed E-state index contributed by atoms with van der Waals surface area (Å²) in [6, 6.07) is 5.59. The van der Waals surface area contributed by atoms with Crippen LogP contribution in [0.1, 0.15) is 38.7 Å². The van der Waals surface area contributed by atoms with E-state index in [0.29, 0.717) is 21.6 Å². The number of nitrogens with two attached hydrogens (primary N) is 2. The molecule has 1 atom stereocenters. The number of rotatable bonds is 4. The molecule has 0 spiro atoms. The topological polar surface area (TPSA) is 79.7 Å². The van der Waals surface area contributed by atoms with Gasteiger partial charge < -0.3 is 16.8 Å². The number of allylic oxidation sites excluding steroid dienone is 2. The zero-order valence-electron chi connectivity index (χ0n) is 15.8. The molecule has 0 radical (unpaired) electrons. The van der Waals surface area contributed by atoms with Crippen molar-refractivity contribution in [3.63, 3.8) is 0 Å². The van der Waals surface area contributed by atoms with E-state index in [1.165, 1.54) is 0 Å². The van der Waals surface area contributed by atoms with Crippen molar-refractivity contribution in [3.8, 4) is 0 Å². The third-order valence-corrected chi connectivity index (χ3v) is 5.96. The minimum Gasteiger partial charge on any atom is -0.384 e. The van der Waals surface area contributed by atoms with Crippen LogP contribution in [0.4, 0.5) is 0 Å². The lowest BCUT2D eigenvalue weighted by atomic mass is 9.91. The van der Waals surface area contributed by atoms with Crippen molar-refractivity contribution in [3.05, 3.63) is 51.4 Å². The van der Waals surface area contributed by atoms with Crippen molar-refractivity contribution >= 4 is 35.0 Å². The van der Waals surface area contributed by atoms with Crippen molar-refractivity contribution in [2.45, 2.75) is 44.8 Å². The molecule has 1 aromatic rings. The number of nitrogens with zero attached hydrogens (tertiary/aromatic N) is 2. The Bertz CT molecular complexity index is 788. The second-order valence-electron chi connectivity index (χ2n) is 7.45. The Hall–Kier alpha value is -1.53. The first-order valence-corrected chi connectivity index (χ1v) is 10.1. The number of likely N-dealkylation sites (tertiary alicyclic amines) is 1. The van der Waals surface area contributed by atoms with E-state index in [2.05, 4.69) is 30.1 Å². The molecule has 0 saturated carbocycles. The summed E-state index contributed by atoms with van der Waals surface area (Å²) in [6.45, 7) is 6.00. The van der Waals surface area contributed by atoms with E-state index in [1.54, 1.807) is 6.07 Å². The fourth-order valence-corrected chi connectivity index (χ4v) is 3.85. The molecule has 2 aliphatic heterocycles. The Balaban J connectivity index is 1.83. The number of nitrogens with one attached hydrogen (secondary N) is 1. The van der Waals surface area contributed by atoms with Gasteiger partial charge in [0.25, 0.3) is 0 Å². The van der Waals surface area contributed by atoms with E-state index in [4.69, 9.17) is 39.7 Å². The summed E-state index contributed by atoms with van der Waals surface area (Å²) >= 11 is 12.6. The molecule has 0 bridgehead atoms. The van der Waals surface area contributed by atoms with Crippen LogP contribution >= 0.6 is 23.2 Å². The van der Waals surface area contributed by atoms with Crippen molar-refractivity contribution in [1.82, 2.24) is 10.2 Å². The number of benzene rings is 1. The number of hydrogen-bond acceptors (Lipinski definition) is 5. The zero-order chi connectivity index (χ0) is 19.6. The average Bonchev–Trinajstić information content (AvgIpc) is 2.63. The highest BCUT2D eigenvalue weighted by molar-refractivity contribution is 6.43. The van der Waals surface area contributed by atoms with Crippen LogP contribution < -0.4 is 16.8 Å². The average molecular weight is 408 g/mol. The van der Waals surface area contributed by atoms with Crippen LogP contribution in [-0.4, -0.2) is 35.9 Å². The van der Waals surface area contributed by atoms with Crippen LogP contribution in [0, 0.1) is 0 Å². The van der Waals surface area contributed by atoms with E-state index in [1.807, 2.05) is 18.3 Å². The molecule has 1 aromatic carbocycles. The van der Waals surface area contributed by atoms with Crippen molar-refractivity contribution < 1.29 is 0 Å². The molecule has 2 aliphatic rings. The monoisotopic (exact) mass is 407 g/mol. The maximum Gasteiger partial charge on any atom is 0.125 e. The van der Waals surface area contributed by atoms with E-state index >= 15 is 0 Å². The summed E-state index contributed by atoms with van der Waals surface area (Å²) in [4.78, 5) is 7.01. The van der Waals surface area contributed by atoms with Crippen LogP contribution in [-0.2, 0) is 0 Å². The Morgan fingerprint density at radius 3 is 2.70 bits per heavy atom. The molecule has 1 unspecified atom stereocenters. The van der Waals surface area contributed by atoms with Gasteiger partial charge in [-0.05, 0) is 32.3 Å². The lowest BCUT2D eigenvalue weighted by Gasteiger charge is -2.41. The highest BCUT2D eigenvalue weighted by Crippen LogP contribution is 2.35. The molecule has 3 rings (SSSR count). The minimum absolute atomic E-state index is 0.0254. The third-order valence-electron chi connectivity index (χ3n) is 5.14. The summed E-state index contributed by atoms with van der Waals surface area (Å²) in [5.74, 6) is 0.541. The zero-order valence-corrected chi connectivity index (χ0v) is 17.3. The van der Waals surface area contributed by atoms with E-state index in [9.17, 15) is 0 Å². The molecule has 5 N–H and O–H groups in total. The number of hydrogen-bond donors (Lipinski definition) is 3. The summed E-state index contributed by atoms with van der Waals surface area (Å²) in [6.07, 6.45) is 6.69. The van der Waals surface area contributed by atoms with Gasteiger partial charge in [0, 0.05) is 36.0 Å². The molecule has 27 heavy (non-hydrogen) atoms. The molecule has 1 fully saturated rings. The molecule has 1 saturated heterocycles. The number of halogens is 2. The van der Waals surface area contributed by atoms with Crippen molar-refractivity contribution in [2.24, 2.45) is 16.5 Å². The summed E-state index contributed by atoms with van der Waals surface area (Å²) < 4.78 is 0. The van der Waals surface area contributed by atoms with Gasteiger partial charge in [0.2, 0.25) is 0 Å². The van der Waals surface area contributed by atoms with E-state index in [-0.39, 0.29) is 11.7 Å². The van der Waals surface area contributed by atoms with Crippen LogP contribution in [0.2, 0.25) is 10.0 Å². The molecular weight excluding hydrogens is 381 g/mol. The molecule has 5 nitrogen and oxygen atoms in total. The molecule has 7 heteroatoms. The van der Waals surface area contributed by atoms with Gasteiger partial charge >= 0.3 is 0 Å². The smallest absolute Gasteiger partial charge is 0.125 e. The van der Waals surface area contributed by atoms with Gasteiger partial charge in [-0.1, -0.05) is 48.3 Å². The molecule has 0 amide bonds. The summed E-state index contributed by atoms with van der Waals surface area (Å²) in [5.41, 5.74) is 14.9. The maximum atomic E-state index is 6.44. The van der Waals surface area contributed by atoms with Gasteiger partial charge in [0.1, 0.15) is 17.7 Å². The highest BCUT2D eigenvalue weighted by atomic mass is 35.5. The summed E-state index contributed by atoms with van der Waals surface area (Å²) in [7, 11) is 0. The first-order chi connectivity index (χ1) is 12.8. The van der Waals surface area contributed by atoms with Gasteiger partial charge in [-0.3, -0.25) is 9.89 Å². The second kappa shape index (κ2) is 8.23. The third kappa shape index (κ3) is 4.49. The Morgan fingerprint density at radius 2 is 2.07 bits per heavy atom. The van der Waals surface area contributed by atoms with Gasteiger partial charge in [-0.2, -0.15) is 0 Å². The summed E-state index contributed by atoms with van der Waals surface area (Å²) in [5, 5.41) is 4.40. The van der Waals surface area contributed by atoms with Crippen molar-refractivity contribution in [2.75, 3.05) is 13.1 Å².